The second-order valence-corrected chi connectivity index (χ2v) is 8.93. The number of carbonyl (C=O) groups excluding carboxylic acids is 1. The molecular formula is C21H19ClN6OS2. The van der Waals surface area contributed by atoms with Crippen LogP contribution in [0.5, 0.6) is 0 Å². The van der Waals surface area contributed by atoms with Crippen LogP contribution in [0.4, 0.5) is 11.1 Å². The zero-order chi connectivity index (χ0) is 21.8. The summed E-state index contributed by atoms with van der Waals surface area (Å²) in [6.07, 6.45) is 0. The molecule has 0 fully saturated rings. The molecule has 0 saturated carbocycles. The van der Waals surface area contributed by atoms with Crippen molar-refractivity contribution in [3.8, 4) is 11.3 Å². The van der Waals surface area contributed by atoms with Crippen molar-refractivity contribution in [3.05, 3.63) is 70.6 Å². The third-order valence-electron chi connectivity index (χ3n) is 4.54. The predicted octanol–water partition coefficient (Wildman–Crippen LogP) is 5.13. The summed E-state index contributed by atoms with van der Waals surface area (Å²) in [5, 5.41) is 14.6. The molecule has 0 bridgehead atoms. The van der Waals surface area contributed by atoms with Gasteiger partial charge in [0.15, 0.2) is 10.3 Å². The molecule has 0 spiro atoms. The van der Waals surface area contributed by atoms with Gasteiger partial charge in [-0.2, -0.15) is 0 Å². The highest BCUT2D eigenvalue weighted by atomic mass is 35.5. The highest BCUT2D eigenvalue weighted by Gasteiger charge is 2.23. The summed E-state index contributed by atoms with van der Waals surface area (Å²) in [5.74, 6) is 0.647. The average molecular weight is 471 g/mol. The van der Waals surface area contributed by atoms with Crippen molar-refractivity contribution in [3.63, 3.8) is 0 Å². The zero-order valence-corrected chi connectivity index (χ0v) is 18.9. The van der Waals surface area contributed by atoms with Crippen molar-refractivity contribution in [1.29, 1.82) is 0 Å². The Morgan fingerprint density at radius 2 is 1.94 bits per heavy atom. The maximum absolute atomic E-state index is 12.9. The standard InChI is InChI=1S/C21H19ClN6OS2/c1-13(28-19(23)26-27-21(28)31-11-14-5-3-2-4-6-14)18(29)25-20-24-17(12-30-20)15-7-9-16(22)10-8-15/h2-10,12-13H,11H2,1H3,(H2,23,26)(H,24,25,29). The fourth-order valence-corrected chi connectivity index (χ4v) is 4.71. The third-order valence-corrected chi connectivity index (χ3v) is 6.57. The summed E-state index contributed by atoms with van der Waals surface area (Å²) >= 11 is 8.78. The van der Waals surface area contributed by atoms with Crippen LogP contribution in [0.25, 0.3) is 11.3 Å². The van der Waals surface area contributed by atoms with E-state index in [1.807, 2.05) is 47.8 Å². The second-order valence-electron chi connectivity index (χ2n) is 6.70. The van der Waals surface area contributed by atoms with Gasteiger partial charge >= 0.3 is 0 Å². The molecule has 10 heteroatoms. The summed E-state index contributed by atoms with van der Waals surface area (Å²) in [7, 11) is 0. The van der Waals surface area contributed by atoms with Gasteiger partial charge in [0.1, 0.15) is 6.04 Å². The Balaban J connectivity index is 1.45. The molecule has 0 aliphatic rings. The fraction of sp³-hybridized carbons (Fsp3) is 0.143. The van der Waals surface area contributed by atoms with Crippen LogP contribution in [-0.2, 0) is 10.5 Å². The minimum atomic E-state index is -0.601. The molecule has 158 valence electrons. The van der Waals surface area contributed by atoms with Gasteiger partial charge in [-0.25, -0.2) is 4.98 Å². The Morgan fingerprint density at radius 3 is 2.68 bits per heavy atom. The second kappa shape index (κ2) is 9.51. The number of rotatable bonds is 7. The number of nitrogens with zero attached hydrogens (tertiary/aromatic N) is 4. The molecule has 0 radical (unpaired) electrons. The monoisotopic (exact) mass is 470 g/mol. The van der Waals surface area contributed by atoms with E-state index in [2.05, 4.69) is 20.5 Å². The van der Waals surface area contributed by atoms with Crippen LogP contribution in [0, 0.1) is 0 Å². The minimum Gasteiger partial charge on any atom is -0.368 e. The lowest BCUT2D eigenvalue weighted by atomic mass is 10.2. The molecule has 1 atom stereocenters. The quantitative estimate of drug-likeness (QED) is 0.363. The Hall–Kier alpha value is -2.88. The van der Waals surface area contributed by atoms with E-state index in [0.717, 1.165) is 16.8 Å². The van der Waals surface area contributed by atoms with Crippen LogP contribution in [0.2, 0.25) is 5.02 Å². The van der Waals surface area contributed by atoms with Crippen LogP contribution < -0.4 is 11.1 Å². The van der Waals surface area contributed by atoms with E-state index < -0.39 is 6.04 Å². The molecule has 0 aliphatic carbocycles. The molecule has 0 aliphatic heterocycles. The predicted molar refractivity (Wildman–Crippen MR) is 126 cm³/mol. The smallest absolute Gasteiger partial charge is 0.249 e. The molecule has 3 N–H and O–H groups in total. The number of thioether (sulfide) groups is 1. The van der Waals surface area contributed by atoms with Crippen LogP contribution in [0.3, 0.4) is 0 Å². The number of thiazole rings is 1. The Morgan fingerprint density at radius 1 is 1.19 bits per heavy atom. The van der Waals surface area contributed by atoms with Crippen LogP contribution in [0.15, 0.2) is 65.1 Å². The molecule has 2 heterocycles. The molecule has 2 aromatic heterocycles. The zero-order valence-electron chi connectivity index (χ0n) is 16.5. The van der Waals surface area contributed by atoms with E-state index in [-0.39, 0.29) is 11.9 Å². The van der Waals surface area contributed by atoms with Gasteiger partial charge in [0.2, 0.25) is 11.9 Å². The Labute approximate surface area is 192 Å². The van der Waals surface area contributed by atoms with Gasteiger partial charge in [-0.15, -0.1) is 21.5 Å². The summed E-state index contributed by atoms with van der Waals surface area (Å²) in [6, 6.07) is 16.8. The SMILES string of the molecule is CC(C(=O)Nc1nc(-c2ccc(Cl)cc2)cs1)n1c(N)nnc1SCc1ccccc1. The van der Waals surface area contributed by atoms with Crippen molar-refractivity contribution >= 4 is 51.7 Å². The number of nitrogen functional groups attached to an aromatic ring is 1. The van der Waals surface area contributed by atoms with E-state index in [1.165, 1.54) is 23.1 Å². The normalized spacial score (nSPS) is 11.9. The first-order chi connectivity index (χ1) is 15.0. The molecule has 4 aromatic rings. The van der Waals surface area contributed by atoms with Gasteiger partial charge in [-0.3, -0.25) is 9.36 Å². The first kappa shape index (κ1) is 21.4. The van der Waals surface area contributed by atoms with Crippen LogP contribution >= 0.6 is 34.7 Å². The van der Waals surface area contributed by atoms with E-state index in [4.69, 9.17) is 17.3 Å². The van der Waals surface area contributed by atoms with E-state index in [0.29, 0.717) is 21.1 Å². The molecule has 2 aromatic carbocycles. The number of amides is 1. The number of carbonyl (C=O) groups is 1. The number of hydrogen-bond donors (Lipinski definition) is 2. The maximum Gasteiger partial charge on any atom is 0.249 e. The van der Waals surface area contributed by atoms with Crippen LogP contribution in [0.1, 0.15) is 18.5 Å². The first-order valence-electron chi connectivity index (χ1n) is 9.40. The minimum absolute atomic E-state index is 0.194. The van der Waals surface area contributed by atoms with Gasteiger partial charge in [-0.1, -0.05) is 65.8 Å². The number of benzene rings is 2. The molecule has 1 amide bonds. The Kier molecular flexibility index (Phi) is 6.55. The highest BCUT2D eigenvalue weighted by Crippen LogP contribution is 2.29. The van der Waals surface area contributed by atoms with E-state index in [9.17, 15) is 4.79 Å². The van der Waals surface area contributed by atoms with E-state index >= 15 is 0 Å². The van der Waals surface area contributed by atoms with Crippen molar-refractivity contribution in [1.82, 2.24) is 19.7 Å². The number of anilines is 2. The number of nitrogens with one attached hydrogen (secondary N) is 1. The molecular weight excluding hydrogens is 452 g/mol. The van der Waals surface area contributed by atoms with Crippen LogP contribution in [-0.4, -0.2) is 25.7 Å². The molecule has 31 heavy (non-hydrogen) atoms. The largest absolute Gasteiger partial charge is 0.368 e. The topological polar surface area (TPSA) is 98.7 Å². The Bertz CT molecular complexity index is 1180. The number of nitrogens with two attached hydrogens (primary N) is 1. The fourth-order valence-electron chi connectivity index (χ4n) is 2.88. The maximum atomic E-state index is 12.9. The number of halogens is 1. The van der Waals surface area contributed by atoms with Gasteiger partial charge in [0, 0.05) is 21.7 Å². The summed E-state index contributed by atoms with van der Waals surface area (Å²) in [5.41, 5.74) is 8.85. The lowest BCUT2D eigenvalue weighted by molar-refractivity contribution is -0.118. The van der Waals surface area contributed by atoms with Gasteiger partial charge in [0.05, 0.1) is 5.69 Å². The lowest BCUT2D eigenvalue weighted by Crippen LogP contribution is -2.25. The molecule has 0 saturated heterocycles. The average Bonchev–Trinajstić information content (AvgIpc) is 3.39. The van der Waals surface area contributed by atoms with Gasteiger partial charge in [-0.05, 0) is 24.6 Å². The van der Waals surface area contributed by atoms with Crippen molar-refractivity contribution in [2.45, 2.75) is 23.9 Å². The van der Waals surface area contributed by atoms with E-state index in [1.54, 1.807) is 23.6 Å². The van der Waals surface area contributed by atoms with Crippen molar-refractivity contribution in [2.24, 2.45) is 0 Å². The molecule has 4 rings (SSSR count). The molecule has 7 nitrogen and oxygen atoms in total. The number of aromatic nitrogens is 4. The summed E-state index contributed by atoms with van der Waals surface area (Å²) in [6.45, 7) is 1.76. The summed E-state index contributed by atoms with van der Waals surface area (Å²) in [4.78, 5) is 17.4. The summed E-state index contributed by atoms with van der Waals surface area (Å²) < 4.78 is 1.64. The molecule has 1 unspecified atom stereocenters. The lowest BCUT2D eigenvalue weighted by Gasteiger charge is -2.15. The first-order valence-corrected chi connectivity index (χ1v) is 11.6. The highest BCUT2D eigenvalue weighted by molar-refractivity contribution is 7.98. The number of hydrogen-bond acceptors (Lipinski definition) is 7. The third kappa shape index (κ3) is 5.07. The van der Waals surface area contributed by atoms with Gasteiger partial charge in [0.25, 0.3) is 0 Å². The van der Waals surface area contributed by atoms with Crippen molar-refractivity contribution in [2.75, 3.05) is 11.1 Å². The van der Waals surface area contributed by atoms with Gasteiger partial charge < -0.3 is 11.1 Å². The van der Waals surface area contributed by atoms with Crippen molar-refractivity contribution < 1.29 is 4.79 Å².